The van der Waals surface area contributed by atoms with E-state index in [4.69, 9.17) is 4.74 Å². The number of H-pyrrole nitrogens is 1. The predicted molar refractivity (Wildman–Crippen MR) is 122 cm³/mol. The summed E-state index contributed by atoms with van der Waals surface area (Å²) in [5, 5.41) is 14.0. The Labute approximate surface area is 178 Å². The Balaban J connectivity index is 1.86. The number of para-hydroxylation sites is 2. The first-order valence-corrected chi connectivity index (χ1v) is 10.0. The molecule has 2 aromatic heterocycles. The maximum atomic E-state index is 11.9. The van der Waals surface area contributed by atoms with Gasteiger partial charge in [-0.15, -0.1) is 0 Å². The summed E-state index contributed by atoms with van der Waals surface area (Å²) in [6, 6.07) is 21.0. The lowest BCUT2D eigenvalue weighted by atomic mass is 9.84. The zero-order chi connectivity index (χ0) is 21.5. The van der Waals surface area contributed by atoms with Crippen LogP contribution in [0.3, 0.4) is 0 Å². The highest BCUT2D eigenvalue weighted by atomic mass is 16.6. The number of nitrogens with zero attached hydrogens (tertiary/aromatic N) is 2. The molecule has 0 bridgehead atoms. The monoisotopic (exact) mass is 411 g/mol. The van der Waals surface area contributed by atoms with E-state index < -0.39 is 0 Å². The van der Waals surface area contributed by atoms with E-state index in [-0.39, 0.29) is 16.5 Å². The van der Waals surface area contributed by atoms with Gasteiger partial charge < -0.3 is 14.3 Å². The molecule has 6 nitrogen and oxygen atoms in total. The van der Waals surface area contributed by atoms with Gasteiger partial charge in [-0.05, 0) is 35.4 Å². The van der Waals surface area contributed by atoms with E-state index in [1.807, 2.05) is 55.7 Å². The van der Waals surface area contributed by atoms with Crippen molar-refractivity contribution < 1.29 is 9.66 Å². The van der Waals surface area contributed by atoms with Crippen molar-refractivity contribution in [2.45, 2.75) is 5.92 Å². The van der Waals surface area contributed by atoms with Crippen LogP contribution in [-0.4, -0.2) is 21.6 Å². The Morgan fingerprint density at radius 3 is 2.55 bits per heavy atom. The summed E-state index contributed by atoms with van der Waals surface area (Å²) in [5.74, 6) is 0.418. The van der Waals surface area contributed by atoms with Gasteiger partial charge in [0.15, 0.2) is 0 Å². The lowest BCUT2D eigenvalue weighted by molar-refractivity contribution is -0.385. The number of rotatable bonds is 5. The number of hydrogen-bond donors (Lipinski definition) is 1. The van der Waals surface area contributed by atoms with E-state index in [1.54, 1.807) is 19.2 Å². The zero-order valence-corrected chi connectivity index (χ0v) is 17.2. The molecule has 0 saturated carbocycles. The molecule has 3 aromatic carbocycles. The highest BCUT2D eigenvalue weighted by Gasteiger charge is 2.29. The molecule has 0 unspecified atom stereocenters. The van der Waals surface area contributed by atoms with Gasteiger partial charge in [0.25, 0.3) is 5.69 Å². The van der Waals surface area contributed by atoms with E-state index in [0.29, 0.717) is 5.56 Å². The fourth-order valence-corrected chi connectivity index (χ4v) is 4.49. The number of methoxy groups -OCH3 is 1. The molecule has 1 atom stereocenters. The maximum Gasteiger partial charge on any atom is 0.273 e. The number of hydrogen-bond acceptors (Lipinski definition) is 3. The number of nitrogens with one attached hydrogen (secondary N) is 1. The second-order valence-corrected chi connectivity index (χ2v) is 7.62. The average Bonchev–Trinajstić information content (AvgIpc) is 3.36. The number of aromatic amines is 1. The van der Waals surface area contributed by atoms with Crippen LogP contribution in [0.15, 0.2) is 79.1 Å². The van der Waals surface area contributed by atoms with Crippen molar-refractivity contribution in [3.63, 3.8) is 0 Å². The summed E-state index contributed by atoms with van der Waals surface area (Å²) < 4.78 is 7.52. The minimum Gasteiger partial charge on any atom is -0.497 e. The first-order chi connectivity index (χ1) is 15.1. The third-order valence-electron chi connectivity index (χ3n) is 5.92. The Hall–Kier alpha value is -4.06. The first kappa shape index (κ1) is 18.9. The van der Waals surface area contributed by atoms with Crippen LogP contribution in [0.4, 0.5) is 5.69 Å². The van der Waals surface area contributed by atoms with E-state index >= 15 is 0 Å². The van der Waals surface area contributed by atoms with Crippen molar-refractivity contribution in [3.05, 3.63) is 106 Å². The van der Waals surface area contributed by atoms with Crippen LogP contribution in [0.5, 0.6) is 5.75 Å². The number of aromatic nitrogens is 2. The van der Waals surface area contributed by atoms with Crippen molar-refractivity contribution in [3.8, 4) is 5.75 Å². The lowest BCUT2D eigenvalue weighted by Crippen LogP contribution is -2.06. The van der Waals surface area contributed by atoms with Crippen LogP contribution >= 0.6 is 0 Å². The van der Waals surface area contributed by atoms with E-state index in [0.717, 1.165) is 38.7 Å². The van der Waals surface area contributed by atoms with Crippen molar-refractivity contribution in [2.75, 3.05) is 7.11 Å². The number of aryl methyl sites for hydroxylation is 1. The molecule has 0 saturated heterocycles. The molecule has 0 fully saturated rings. The van der Waals surface area contributed by atoms with Gasteiger partial charge in [-0.3, -0.25) is 10.1 Å². The lowest BCUT2D eigenvalue weighted by Gasteiger charge is -2.17. The van der Waals surface area contributed by atoms with Crippen molar-refractivity contribution >= 4 is 27.5 Å². The van der Waals surface area contributed by atoms with E-state index in [9.17, 15) is 10.1 Å². The van der Waals surface area contributed by atoms with Crippen LogP contribution in [-0.2, 0) is 7.05 Å². The first-order valence-electron chi connectivity index (χ1n) is 10.0. The van der Waals surface area contributed by atoms with Gasteiger partial charge in [0, 0.05) is 58.8 Å². The molecule has 0 aliphatic heterocycles. The zero-order valence-electron chi connectivity index (χ0n) is 17.2. The van der Waals surface area contributed by atoms with Gasteiger partial charge >= 0.3 is 0 Å². The summed E-state index contributed by atoms with van der Waals surface area (Å²) in [6.07, 6.45) is 4.03. The van der Waals surface area contributed by atoms with Crippen molar-refractivity contribution in [1.82, 2.24) is 9.55 Å². The number of fused-ring (bicyclic) bond motifs is 2. The largest absolute Gasteiger partial charge is 0.497 e. The van der Waals surface area contributed by atoms with Gasteiger partial charge in [-0.1, -0.05) is 36.4 Å². The van der Waals surface area contributed by atoms with Crippen LogP contribution in [0.1, 0.15) is 22.6 Å². The summed E-state index contributed by atoms with van der Waals surface area (Å²) in [6.45, 7) is 0. The molecule has 0 aliphatic rings. The average molecular weight is 411 g/mol. The Morgan fingerprint density at radius 2 is 1.74 bits per heavy atom. The number of ether oxygens (including phenoxy) is 1. The number of benzene rings is 3. The second-order valence-electron chi connectivity index (χ2n) is 7.62. The van der Waals surface area contributed by atoms with Crippen molar-refractivity contribution in [1.29, 1.82) is 0 Å². The molecule has 5 rings (SSSR count). The molecule has 0 spiro atoms. The number of nitro benzene ring substituents is 1. The summed E-state index contributed by atoms with van der Waals surface area (Å²) in [5.41, 5.74) is 4.80. The van der Waals surface area contributed by atoms with Crippen LogP contribution in [0.2, 0.25) is 0 Å². The van der Waals surface area contributed by atoms with Crippen LogP contribution in [0, 0.1) is 10.1 Å². The second kappa shape index (κ2) is 7.32. The SMILES string of the molecule is COc1ccc2[nH]cc([C@@H](c3ccccc3[N+](=O)[O-])c3cn(C)c4ccccc34)c2c1. The highest BCUT2D eigenvalue weighted by molar-refractivity contribution is 5.90. The fourth-order valence-electron chi connectivity index (χ4n) is 4.49. The molecule has 5 aromatic rings. The minimum absolute atomic E-state index is 0.109. The van der Waals surface area contributed by atoms with Gasteiger partial charge in [0.2, 0.25) is 0 Å². The Bertz CT molecular complexity index is 1430. The molecular weight excluding hydrogens is 390 g/mol. The normalized spacial score (nSPS) is 12.3. The Kier molecular flexibility index (Phi) is 4.47. The van der Waals surface area contributed by atoms with E-state index in [2.05, 4.69) is 27.9 Å². The minimum atomic E-state index is -0.325. The van der Waals surface area contributed by atoms with E-state index in [1.165, 1.54) is 0 Å². The highest BCUT2D eigenvalue weighted by Crippen LogP contribution is 2.43. The molecule has 1 N–H and O–H groups in total. The van der Waals surface area contributed by atoms with Crippen LogP contribution < -0.4 is 4.74 Å². The van der Waals surface area contributed by atoms with Gasteiger partial charge in [0.05, 0.1) is 12.0 Å². The Morgan fingerprint density at radius 1 is 0.968 bits per heavy atom. The van der Waals surface area contributed by atoms with Gasteiger partial charge in [-0.2, -0.15) is 0 Å². The molecule has 2 heterocycles. The maximum absolute atomic E-state index is 11.9. The molecule has 0 aliphatic carbocycles. The van der Waals surface area contributed by atoms with Gasteiger partial charge in [0.1, 0.15) is 5.75 Å². The standard InChI is InChI=1S/C25H21N3O3/c1-27-15-21(17-7-3-5-9-23(17)27)25(18-8-4-6-10-24(18)28(29)30)20-14-26-22-12-11-16(31-2)13-19(20)22/h3-15,25-26H,1-2H3/t25-/m1/s1. The fraction of sp³-hybridized carbons (Fsp3) is 0.120. The summed E-state index contributed by atoms with van der Waals surface area (Å²) >= 11 is 0. The topological polar surface area (TPSA) is 73.1 Å². The predicted octanol–water partition coefficient (Wildman–Crippen LogP) is 5.76. The molecule has 31 heavy (non-hydrogen) atoms. The molecular formula is C25H21N3O3. The molecule has 154 valence electrons. The third-order valence-corrected chi connectivity index (χ3v) is 5.92. The van der Waals surface area contributed by atoms with Crippen molar-refractivity contribution in [2.24, 2.45) is 7.05 Å². The quantitative estimate of drug-likeness (QED) is 0.295. The molecule has 0 amide bonds. The third kappa shape index (κ3) is 3.04. The summed E-state index contributed by atoms with van der Waals surface area (Å²) in [4.78, 5) is 15.0. The molecule has 6 heteroatoms. The van der Waals surface area contributed by atoms with Crippen LogP contribution in [0.25, 0.3) is 21.8 Å². The number of nitro groups is 1. The smallest absolute Gasteiger partial charge is 0.273 e. The molecule has 0 radical (unpaired) electrons. The summed E-state index contributed by atoms with van der Waals surface area (Å²) in [7, 11) is 3.64. The van der Waals surface area contributed by atoms with Gasteiger partial charge in [-0.25, -0.2) is 0 Å².